The molecule has 0 saturated carbocycles. The van der Waals surface area contributed by atoms with Gasteiger partial charge in [0.25, 0.3) is 0 Å². The van der Waals surface area contributed by atoms with Crippen molar-refractivity contribution in [1.29, 1.82) is 0 Å². The van der Waals surface area contributed by atoms with E-state index < -0.39 is 16.1 Å². The molecule has 0 spiro atoms. The van der Waals surface area contributed by atoms with Crippen molar-refractivity contribution in [2.75, 3.05) is 11.5 Å². The van der Waals surface area contributed by atoms with E-state index in [1.807, 2.05) is 6.92 Å². The quantitative estimate of drug-likeness (QED) is 0.563. The Morgan fingerprint density at radius 2 is 1.89 bits per heavy atom. The molecule has 0 radical (unpaired) electrons. The SMILES string of the molecule is CCOC(=O)c1ccccc1OS(=O)(=O)c1ccc2c(c1)C[C@H](C)N2C(C)=O. The van der Waals surface area contributed by atoms with Crippen molar-refractivity contribution >= 4 is 27.7 Å². The van der Waals surface area contributed by atoms with E-state index in [0.29, 0.717) is 12.1 Å². The van der Waals surface area contributed by atoms with Gasteiger partial charge in [0.05, 0.1) is 6.61 Å². The Bertz CT molecular complexity index is 1030. The first kappa shape index (κ1) is 19.9. The molecule has 7 nitrogen and oxygen atoms in total. The number of hydrogen-bond acceptors (Lipinski definition) is 6. The minimum Gasteiger partial charge on any atom is -0.462 e. The van der Waals surface area contributed by atoms with Gasteiger partial charge in [-0.15, -0.1) is 0 Å². The third-order valence-electron chi connectivity index (χ3n) is 4.48. The normalized spacial score (nSPS) is 15.8. The number of carbonyl (C=O) groups excluding carboxylic acids is 2. The van der Waals surface area contributed by atoms with Gasteiger partial charge in [-0.1, -0.05) is 12.1 Å². The molecule has 8 heteroatoms. The summed E-state index contributed by atoms with van der Waals surface area (Å²) in [5, 5.41) is 0. The van der Waals surface area contributed by atoms with E-state index in [0.717, 1.165) is 5.56 Å². The van der Waals surface area contributed by atoms with Gasteiger partial charge in [-0.05, 0) is 56.2 Å². The molecule has 0 aliphatic carbocycles. The van der Waals surface area contributed by atoms with Crippen LogP contribution in [-0.4, -0.2) is 32.9 Å². The summed E-state index contributed by atoms with van der Waals surface area (Å²) in [5.74, 6) is -0.852. The van der Waals surface area contributed by atoms with Crippen LogP contribution < -0.4 is 9.08 Å². The molecule has 0 saturated heterocycles. The van der Waals surface area contributed by atoms with Gasteiger partial charge in [0.15, 0.2) is 5.75 Å². The number of fused-ring (bicyclic) bond motifs is 1. The molecule has 2 aromatic rings. The molecule has 148 valence electrons. The largest absolute Gasteiger partial charge is 0.462 e. The minimum atomic E-state index is -4.17. The van der Waals surface area contributed by atoms with Crippen LogP contribution in [0.1, 0.15) is 36.7 Å². The number of rotatable bonds is 5. The highest BCUT2D eigenvalue weighted by Gasteiger charge is 2.31. The second-order valence-corrected chi connectivity index (χ2v) is 8.03. The number of para-hydroxylation sites is 1. The Kier molecular flexibility index (Phi) is 5.42. The van der Waals surface area contributed by atoms with Gasteiger partial charge in [0.1, 0.15) is 10.5 Å². The summed E-state index contributed by atoms with van der Waals surface area (Å²) in [6.07, 6.45) is 0.553. The molecule has 0 aromatic heterocycles. The third kappa shape index (κ3) is 3.73. The highest BCUT2D eigenvalue weighted by Crippen LogP contribution is 2.34. The molecular weight excluding hydrogens is 382 g/mol. The summed E-state index contributed by atoms with van der Waals surface area (Å²) >= 11 is 0. The van der Waals surface area contributed by atoms with Gasteiger partial charge in [0, 0.05) is 18.7 Å². The number of anilines is 1. The Morgan fingerprint density at radius 1 is 1.18 bits per heavy atom. The first-order valence-corrected chi connectivity index (χ1v) is 10.3. The van der Waals surface area contributed by atoms with E-state index in [-0.39, 0.29) is 34.8 Å². The lowest BCUT2D eigenvalue weighted by molar-refractivity contribution is -0.116. The average molecular weight is 403 g/mol. The van der Waals surface area contributed by atoms with Crippen molar-refractivity contribution in [2.24, 2.45) is 0 Å². The van der Waals surface area contributed by atoms with E-state index in [9.17, 15) is 18.0 Å². The van der Waals surface area contributed by atoms with E-state index in [2.05, 4.69) is 0 Å². The van der Waals surface area contributed by atoms with Gasteiger partial charge in [-0.3, -0.25) is 4.79 Å². The van der Waals surface area contributed by atoms with Crippen LogP contribution in [0, 0.1) is 0 Å². The molecule has 2 aromatic carbocycles. The monoisotopic (exact) mass is 403 g/mol. The lowest BCUT2D eigenvalue weighted by atomic mass is 10.1. The Morgan fingerprint density at radius 3 is 2.57 bits per heavy atom. The lowest BCUT2D eigenvalue weighted by Crippen LogP contribution is -2.33. The van der Waals surface area contributed by atoms with Crippen LogP contribution in [-0.2, 0) is 26.1 Å². The van der Waals surface area contributed by atoms with E-state index in [1.54, 1.807) is 30.0 Å². The predicted octanol–water partition coefficient (Wildman–Crippen LogP) is 2.93. The smallest absolute Gasteiger partial charge is 0.341 e. The van der Waals surface area contributed by atoms with Crippen molar-refractivity contribution in [3.05, 3.63) is 53.6 Å². The molecule has 1 heterocycles. The van der Waals surface area contributed by atoms with E-state index in [4.69, 9.17) is 8.92 Å². The van der Waals surface area contributed by atoms with Crippen molar-refractivity contribution in [3.63, 3.8) is 0 Å². The maximum absolute atomic E-state index is 12.8. The highest BCUT2D eigenvalue weighted by atomic mass is 32.2. The number of esters is 1. The van der Waals surface area contributed by atoms with Crippen LogP contribution in [0.25, 0.3) is 0 Å². The second kappa shape index (κ2) is 7.63. The molecule has 1 aliphatic heterocycles. The van der Waals surface area contributed by atoms with Gasteiger partial charge >= 0.3 is 16.1 Å². The molecule has 0 bridgehead atoms. The maximum Gasteiger partial charge on any atom is 0.341 e. The summed E-state index contributed by atoms with van der Waals surface area (Å²) in [7, 11) is -4.17. The zero-order chi connectivity index (χ0) is 20.5. The van der Waals surface area contributed by atoms with E-state index >= 15 is 0 Å². The van der Waals surface area contributed by atoms with Crippen molar-refractivity contribution in [3.8, 4) is 5.75 Å². The Hall–Kier alpha value is -2.87. The fourth-order valence-electron chi connectivity index (χ4n) is 3.33. The van der Waals surface area contributed by atoms with Gasteiger partial charge in [0.2, 0.25) is 5.91 Å². The molecule has 0 unspecified atom stereocenters. The molecule has 1 amide bonds. The van der Waals surface area contributed by atoms with Crippen LogP contribution in [0.3, 0.4) is 0 Å². The van der Waals surface area contributed by atoms with Crippen LogP contribution in [0.5, 0.6) is 5.75 Å². The summed E-state index contributed by atoms with van der Waals surface area (Å²) in [5.41, 5.74) is 1.49. The van der Waals surface area contributed by atoms with E-state index in [1.165, 1.54) is 31.2 Å². The zero-order valence-corrected chi connectivity index (χ0v) is 16.7. The molecule has 28 heavy (non-hydrogen) atoms. The fourth-order valence-corrected chi connectivity index (χ4v) is 4.33. The number of ether oxygens (including phenoxy) is 1. The molecule has 0 fully saturated rings. The first-order valence-electron chi connectivity index (χ1n) is 8.88. The highest BCUT2D eigenvalue weighted by molar-refractivity contribution is 7.87. The van der Waals surface area contributed by atoms with Gasteiger partial charge in [-0.2, -0.15) is 8.42 Å². The van der Waals surface area contributed by atoms with Gasteiger partial charge in [-0.25, -0.2) is 4.79 Å². The number of carbonyl (C=O) groups is 2. The third-order valence-corrected chi connectivity index (χ3v) is 5.71. The van der Waals surface area contributed by atoms with Crippen molar-refractivity contribution in [2.45, 2.75) is 38.1 Å². The maximum atomic E-state index is 12.8. The summed E-state index contributed by atoms with van der Waals surface area (Å²) < 4.78 is 35.7. The summed E-state index contributed by atoms with van der Waals surface area (Å²) in [6.45, 7) is 5.21. The predicted molar refractivity (Wildman–Crippen MR) is 103 cm³/mol. The number of benzene rings is 2. The average Bonchev–Trinajstić information content (AvgIpc) is 2.97. The Balaban J connectivity index is 1.93. The number of amides is 1. The first-order chi connectivity index (χ1) is 13.2. The van der Waals surface area contributed by atoms with Crippen LogP contribution in [0.15, 0.2) is 47.4 Å². The molecule has 3 rings (SSSR count). The van der Waals surface area contributed by atoms with Crippen LogP contribution in [0.4, 0.5) is 5.69 Å². The number of hydrogen-bond donors (Lipinski definition) is 0. The molecule has 0 N–H and O–H groups in total. The summed E-state index contributed by atoms with van der Waals surface area (Å²) in [4.78, 5) is 25.5. The molecular formula is C20H21NO6S. The molecule has 1 atom stereocenters. The second-order valence-electron chi connectivity index (χ2n) is 6.49. The topological polar surface area (TPSA) is 90.0 Å². The number of nitrogens with zero attached hydrogens (tertiary/aromatic N) is 1. The lowest BCUT2D eigenvalue weighted by Gasteiger charge is -2.20. The van der Waals surface area contributed by atoms with Crippen molar-refractivity contribution < 1.29 is 26.9 Å². The Labute approximate surface area is 164 Å². The summed E-state index contributed by atoms with van der Waals surface area (Å²) in [6, 6.07) is 10.5. The van der Waals surface area contributed by atoms with Crippen LogP contribution >= 0.6 is 0 Å². The minimum absolute atomic E-state index is 0.0328. The standard InChI is InChI=1S/C20H21NO6S/c1-4-26-20(23)17-7-5-6-8-19(17)27-28(24,25)16-9-10-18-15(12-16)11-13(2)21(18)14(3)22/h5-10,12-13H,4,11H2,1-3H3/t13-/m0/s1. The van der Waals surface area contributed by atoms with Gasteiger partial charge < -0.3 is 13.8 Å². The fraction of sp³-hybridized carbons (Fsp3) is 0.300. The van der Waals surface area contributed by atoms with Crippen molar-refractivity contribution in [1.82, 2.24) is 0 Å². The molecule has 1 aliphatic rings. The van der Waals surface area contributed by atoms with Crippen LogP contribution in [0.2, 0.25) is 0 Å². The zero-order valence-electron chi connectivity index (χ0n) is 15.8.